The minimum atomic E-state index is -0.822. The van der Waals surface area contributed by atoms with Gasteiger partial charge in [-0.05, 0) is 31.7 Å². The molecule has 0 spiro atoms. The van der Waals surface area contributed by atoms with Gasteiger partial charge in [0.05, 0.1) is 17.2 Å². The topological polar surface area (TPSA) is 120 Å². The normalized spacial score (nSPS) is 20.1. The van der Waals surface area contributed by atoms with Crippen LogP contribution in [0.15, 0.2) is 12.3 Å². The summed E-state index contributed by atoms with van der Waals surface area (Å²) in [5.74, 6) is -2.34. The van der Waals surface area contributed by atoms with Crippen LogP contribution < -0.4 is 16.2 Å². The summed E-state index contributed by atoms with van der Waals surface area (Å²) in [7, 11) is 1.64. The highest BCUT2D eigenvalue weighted by atomic mass is 35.5. The average molecular weight is 355 g/mol. The highest BCUT2D eigenvalue weighted by Crippen LogP contribution is 2.28. The first-order chi connectivity index (χ1) is 11.4. The SMILES string of the molecule is CNc1cc(Cl)ncc1C(=O)NNC(=O)C1CCC(C(=O)O)CC1. The Morgan fingerprint density at radius 2 is 1.79 bits per heavy atom. The molecular weight excluding hydrogens is 336 g/mol. The lowest BCUT2D eigenvalue weighted by Crippen LogP contribution is -2.45. The molecule has 130 valence electrons. The molecule has 24 heavy (non-hydrogen) atoms. The van der Waals surface area contributed by atoms with Gasteiger partial charge in [-0.1, -0.05) is 11.6 Å². The number of carboxylic acids is 1. The largest absolute Gasteiger partial charge is 0.481 e. The molecule has 0 unspecified atom stereocenters. The van der Waals surface area contributed by atoms with Crippen LogP contribution in [0.25, 0.3) is 0 Å². The fourth-order valence-electron chi connectivity index (χ4n) is 2.71. The lowest BCUT2D eigenvalue weighted by atomic mass is 9.82. The predicted molar refractivity (Wildman–Crippen MR) is 87.5 cm³/mol. The number of hydrogen-bond donors (Lipinski definition) is 4. The van der Waals surface area contributed by atoms with Gasteiger partial charge in [0.2, 0.25) is 5.91 Å². The number of hydrogen-bond acceptors (Lipinski definition) is 5. The Morgan fingerprint density at radius 3 is 2.38 bits per heavy atom. The van der Waals surface area contributed by atoms with Crippen LogP contribution in [0, 0.1) is 11.8 Å². The van der Waals surface area contributed by atoms with Crippen LogP contribution in [0.3, 0.4) is 0 Å². The second-order valence-corrected chi connectivity index (χ2v) is 6.02. The number of anilines is 1. The van der Waals surface area contributed by atoms with E-state index < -0.39 is 11.9 Å². The molecule has 0 saturated heterocycles. The van der Waals surface area contributed by atoms with Gasteiger partial charge in [0, 0.05) is 19.2 Å². The minimum absolute atomic E-state index is 0.245. The Balaban J connectivity index is 1.88. The molecule has 0 radical (unpaired) electrons. The van der Waals surface area contributed by atoms with Crippen molar-refractivity contribution in [3.8, 4) is 0 Å². The van der Waals surface area contributed by atoms with Gasteiger partial charge in [0.1, 0.15) is 5.15 Å². The molecule has 8 nitrogen and oxygen atoms in total. The fraction of sp³-hybridized carbons (Fsp3) is 0.467. The molecule has 1 saturated carbocycles. The standard InChI is InChI=1S/C15H19ClN4O4/c1-17-11-6-12(16)18-7-10(11)14(22)20-19-13(21)8-2-4-9(5-3-8)15(23)24/h6-9H,2-5H2,1H3,(H,17,18)(H,19,21)(H,20,22)(H,23,24). The third-order valence-corrected chi connectivity index (χ3v) is 4.34. The van der Waals surface area contributed by atoms with Crippen LogP contribution in [0.1, 0.15) is 36.0 Å². The van der Waals surface area contributed by atoms with E-state index in [2.05, 4.69) is 21.2 Å². The average Bonchev–Trinajstić information content (AvgIpc) is 2.59. The zero-order valence-electron chi connectivity index (χ0n) is 13.1. The van der Waals surface area contributed by atoms with Crippen molar-refractivity contribution in [1.82, 2.24) is 15.8 Å². The summed E-state index contributed by atoms with van der Waals surface area (Å²) in [4.78, 5) is 39.0. The van der Waals surface area contributed by atoms with Gasteiger partial charge in [-0.25, -0.2) is 4.98 Å². The molecule has 1 aliphatic rings. The molecule has 2 amide bonds. The van der Waals surface area contributed by atoms with Crippen molar-refractivity contribution in [2.45, 2.75) is 25.7 Å². The van der Waals surface area contributed by atoms with Gasteiger partial charge in [0.15, 0.2) is 0 Å². The van der Waals surface area contributed by atoms with E-state index in [1.807, 2.05) is 0 Å². The maximum atomic E-state index is 12.1. The van der Waals surface area contributed by atoms with Gasteiger partial charge in [0.25, 0.3) is 5.91 Å². The van der Waals surface area contributed by atoms with Crippen LogP contribution in [0.2, 0.25) is 5.15 Å². The molecule has 0 aliphatic heterocycles. The highest BCUT2D eigenvalue weighted by molar-refractivity contribution is 6.29. The van der Waals surface area contributed by atoms with Crippen molar-refractivity contribution >= 4 is 35.1 Å². The molecule has 2 rings (SSSR count). The number of carbonyl (C=O) groups excluding carboxylic acids is 2. The van der Waals surface area contributed by atoms with Crippen molar-refractivity contribution in [2.75, 3.05) is 12.4 Å². The Bertz CT molecular complexity index is 644. The quantitative estimate of drug-likeness (QED) is 0.479. The fourth-order valence-corrected chi connectivity index (χ4v) is 2.87. The number of hydrazine groups is 1. The Kier molecular flexibility index (Phi) is 5.97. The van der Waals surface area contributed by atoms with E-state index in [-0.39, 0.29) is 28.5 Å². The van der Waals surface area contributed by atoms with E-state index in [0.29, 0.717) is 31.4 Å². The molecule has 0 aromatic carbocycles. The molecule has 1 aromatic heterocycles. The van der Waals surface area contributed by atoms with E-state index in [1.165, 1.54) is 12.3 Å². The summed E-state index contributed by atoms with van der Waals surface area (Å²) < 4.78 is 0. The molecular formula is C15H19ClN4O4. The monoisotopic (exact) mass is 354 g/mol. The molecule has 0 atom stereocenters. The van der Waals surface area contributed by atoms with Crippen LogP contribution in [-0.4, -0.2) is 34.9 Å². The summed E-state index contributed by atoms with van der Waals surface area (Å²) in [6.07, 6.45) is 3.22. The van der Waals surface area contributed by atoms with Gasteiger partial charge in [-0.3, -0.25) is 25.2 Å². The van der Waals surface area contributed by atoms with E-state index in [1.54, 1.807) is 7.05 Å². The number of aliphatic carboxylic acids is 1. The zero-order chi connectivity index (χ0) is 17.7. The van der Waals surface area contributed by atoms with Crippen LogP contribution >= 0.6 is 11.6 Å². The maximum absolute atomic E-state index is 12.1. The van der Waals surface area contributed by atoms with Crippen LogP contribution in [-0.2, 0) is 9.59 Å². The van der Waals surface area contributed by atoms with Crippen LogP contribution in [0.4, 0.5) is 5.69 Å². The second-order valence-electron chi connectivity index (χ2n) is 5.63. The number of nitrogens with zero attached hydrogens (tertiary/aromatic N) is 1. The first-order valence-electron chi connectivity index (χ1n) is 7.58. The number of aromatic nitrogens is 1. The number of rotatable bonds is 4. The van der Waals surface area contributed by atoms with Gasteiger partial charge in [-0.2, -0.15) is 0 Å². The van der Waals surface area contributed by atoms with E-state index >= 15 is 0 Å². The third kappa shape index (κ3) is 4.35. The van der Waals surface area contributed by atoms with Crippen molar-refractivity contribution in [1.29, 1.82) is 0 Å². The molecule has 1 aliphatic carbocycles. The highest BCUT2D eigenvalue weighted by Gasteiger charge is 2.30. The molecule has 4 N–H and O–H groups in total. The Morgan fingerprint density at radius 1 is 1.17 bits per heavy atom. The lowest BCUT2D eigenvalue weighted by Gasteiger charge is -2.25. The number of pyridine rings is 1. The van der Waals surface area contributed by atoms with E-state index in [4.69, 9.17) is 16.7 Å². The van der Waals surface area contributed by atoms with Gasteiger partial charge < -0.3 is 10.4 Å². The number of halogens is 1. The maximum Gasteiger partial charge on any atom is 0.306 e. The Hall–Kier alpha value is -2.35. The summed E-state index contributed by atoms with van der Waals surface area (Å²) in [5.41, 5.74) is 5.47. The van der Waals surface area contributed by atoms with Crippen molar-refractivity contribution in [3.63, 3.8) is 0 Å². The number of carboxylic acid groups (broad SMARTS) is 1. The summed E-state index contributed by atoms with van der Waals surface area (Å²) >= 11 is 5.77. The van der Waals surface area contributed by atoms with Crippen molar-refractivity contribution in [2.24, 2.45) is 11.8 Å². The molecule has 9 heteroatoms. The minimum Gasteiger partial charge on any atom is -0.481 e. The summed E-state index contributed by atoms with van der Waals surface area (Å²) in [6.45, 7) is 0. The van der Waals surface area contributed by atoms with Crippen molar-refractivity contribution < 1.29 is 19.5 Å². The summed E-state index contributed by atoms with van der Waals surface area (Å²) in [6, 6.07) is 1.51. The molecule has 1 heterocycles. The smallest absolute Gasteiger partial charge is 0.306 e. The first-order valence-corrected chi connectivity index (χ1v) is 7.96. The third-order valence-electron chi connectivity index (χ3n) is 4.13. The summed E-state index contributed by atoms with van der Waals surface area (Å²) in [5, 5.41) is 12.0. The number of amides is 2. The van der Waals surface area contributed by atoms with E-state index in [9.17, 15) is 14.4 Å². The first kappa shape index (κ1) is 18.0. The molecule has 0 bridgehead atoms. The number of carbonyl (C=O) groups is 3. The van der Waals surface area contributed by atoms with E-state index in [0.717, 1.165) is 0 Å². The van der Waals surface area contributed by atoms with Gasteiger partial charge in [-0.15, -0.1) is 0 Å². The molecule has 1 fully saturated rings. The second kappa shape index (κ2) is 7.96. The molecule has 1 aromatic rings. The van der Waals surface area contributed by atoms with Crippen molar-refractivity contribution in [3.05, 3.63) is 23.0 Å². The number of nitrogens with one attached hydrogen (secondary N) is 3. The lowest BCUT2D eigenvalue weighted by molar-refractivity contribution is -0.144. The van der Waals surface area contributed by atoms with Crippen LogP contribution in [0.5, 0.6) is 0 Å². The van der Waals surface area contributed by atoms with Gasteiger partial charge >= 0.3 is 5.97 Å². The zero-order valence-corrected chi connectivity index (χ0v) is 13.9. The predicted octanol–water partition coefficient (Wildman–Crippen LogP) is 1.43. The Labute approximate surface area is 143 Å².